The van der Waals surface area contributed by atoms with E-state index in [2.05, 4.69) is 15.2 Å². The molecule has 1 N–H and O–H groups in total. The van der Waals surface area contributed by atoms with Crippen molar-refractivity contribution >= 4 is 11.6 Å². The second kappa shape index (κ2) is 5.64. The van der Waals surface area contributed by atoms with E-state index in [0.717, 1.165) is 11.6 Å². The van der Waals surface area contributed by atoms with Gasteiger partial charge in [0.25, 0.3) is 0 Å². The molecule has 1 fully saturated rings. The van der Waals surface area contributed by atoms with Gasteiger partial charge in [0, 0.05) is 7.11 Å². The Morgan fingerprint density at radius 1 is 1.44 bits per heavy atom. The Morgan fingerprint density at radius 3 is 2.75 bits per heavy atom. The summed E-state index contributed by atoms with van der Waals surface area (Å²) in [5.74, 6) is 2.39. The van der Waals surface area contributed by atoms with Gasteiger partial charge in [-0.2, -0.15) is 5.10 Å². The highest BCUT2D eigenvalue weighted by Crippen LogP contribution is 2.35. The summed E-state index contributed by atoms with van der Waals surface area (Å²) in [5.41, 5.74) is 0. The summed E-state index contributed by atoms with van der Waals surface area (Å²) in [4.78, 5) is 4.35. The van der Waals surface area contributed by atoms with Crippen molar-refractivity contribution in [2.75, 3.05) is 7.11 Å². The van der Waals surface area contributed by atoms with Gasteiger partial charge in [-0.05, 0) is 18.8 Å². The van der Waals surface area contributed by atoms with Gasteiger partial charge in [-0.25, -0.2) is 4.98 Å². The lowest BCUT2D eigenvalue weighted by Gasteiger charge is -2.27. The quantitative estimate of drug-likeness (QED) is 0.828. The van der Waals surface area contributed by atoms with Crippen molar-refractivity contribution in [1.29, 1.82) is 0 Å². The molecule has 0 aromatic carbocycles. The van der Waals surface area contributed by atoms with E-state index in [1.54, 1.807) is 7.11 Å². The summed E-state index contributed by atoms with van der Waals surface area (Å²) in [6.45, 7) is 0. The number of aromatic nitrogens is 3. The molecule has 4 nitrogen and oxygen atoms in total. The standard InChI is InChI=1S/C11H18ClN3O/c1-16-10(8-5-3-2-4-6-8)11-13-9(7-12)14-15-11/h8,10H,2-7H2,1H3,(H,13,14,15). The average molecular weight is 244 g/mol. The van der Waals surface area contributed by atoms with Gasteiger partial charge in [0.1, 0.15) is 11.9 Å². The van der Waals surface area contributed by atoms with Crippen molar-refractivity contribution in [3.8, 4) is 0 Å². The van der Waals surface area contributed by atoms with Gasteiger partial charge < -0.3 is 4.74 Å². The topological polar surface area (TPSA) is 50.8 Å². The van der Waals surface area contributed by atoms with Crippen molar-refractivity contribution in [1.82, 2.24) is 15.2 Å². The summed E-state index contributed by atoms with van der Waals surface area (Å²) in [6, 6.07) is 0. The predicted octanol–water partition coefficient (Wildman–Crippen LogP) is 2.81. The number of methoxy groups -OCH3 is 1. The van der Waals surface area contributed by atoms with Crippen LogP contribution in [-0.4, -0.2) is 22.3 Å². The van der Waals surface area contributed by atoms with Crippen molar-refractivity contribution in [2.24, 2.45) is 5.92 Å². The minimum absolute atomic E-state index is 0.0218. The van der Waals surface area contributed by atoms with E-state index in [-0.39, 0.29) is 6.10 Å². The molecule has 1 aromatic heterocycles. The van der Waals surface area contributed by atoms with E-state index in [9.17, 15) is 0 Å². The van der Waals surface area contributed by atoms with Gasteiger partial charge in [0.2, 0.25) is 0 Å². The molecule has 5 heteroatoms. The third kappa shape index (κ3) is 2.55. The monoisotopic (exact) mass is 243 g/mol. The lowest BCUT2D eigenvalue weighted by atomic mass is 9.85. The highest BCUT2D eigenvalue weighted by Gasteiger charge is 2.27. The van der Waals surface area contributed by atoms with E-state index >= 15 is 0 Å². The van der Waals surface area contributed by atoms with Gasteiger partial charge in [-0.15, -0.1) is 11.6 Å². The maximum Gasteiger partial charge on any atom is 0.179 e. The van der Waals surface area contributed by atoms with Crippen LogP contribution in [0.2, 0.25) is 0 Å². The minimum Gasteiger partial charge on any atom is -0.373 e. The first kappa shape index (κ1) is 11.9. The fourth-order valence-electron chi connectivity index (χ4n) is 2.44. The van der Waals surface area contributed by atoms with E-state index in [1.165, 1.54) is 32.1 Å². The maximum absolute atomic E-state index is 5.70. The number of hydrogen-bond acceptors (Lipinski definition) is 3. The molecule has 90 valence electrons. The fourth-order valence-corrected chi connectivity index (χ4v) is 2.56. The fraction of sp³-hybridized carbons (Fsp3) is 0.818. The van der Waals surface area contributed by atoms with Crippen LogP contribution in [0.1, 0.15) is 49.9 Å². The van der Waals surface area contributed by atoms with Gasteiger partial charge in [0.15, 0.2) is 5.82 Å². The molecule has 1 aromatic rings. The molecule has 0 bridgehead atoms. The van der Waals surface area contributed by atoms with Crippen molar-refractivity contribution in [3.05, 3.63) is 11.6 Å². The summed E-state index contributed by atoms with van der Waals surface area (Å²) in [7, 11) is 1.73. The SMILES string of the molecule is COC(c1n[nH]c(CCl)n1)C1CCCCC1. The third-order valence-electron chi connectivity index (χ3n) is 3.26. The summed E-state index contributed by atoms with van der Waals surface area (Å²) in [5, 5.41) is 7.02. The summed E-state index contributed by atoms with van der Waals surface area (Å²) >= 11 is 5.70. The number of ether oxygens (including phenoxy) is 1. The number of rotatable bonds is 4. The molecule has 1 heterocycles. The first-order valence-corrected chi connectivity index (χ1v) is 6.38. The first-order chi connectivity index (χ1) is 7.85. The van der Waals surface area contributed by atoms with Crippen LogP contribution < -0.4 is 0 Å². The van der Waals surface area contributed by atoms with Crippen LogP contribution in [0.4, 0.5) is 0 Å². The second-order valence-corrected chi connectivity index (χ2v) is 4.60. The van der Waals surface area contributed by atoms with Gasteiger partial charge in [-0.3, -0.25) is 5.10 Å². The largest absolute Gasteiger partial charge is 0.373 e. The zero-order valence-electron chi connectivity index (χ0n) is 9.58. The van der Waals surface area contributed by atoms with Crippen LogP contribution in [0.5, 0.6) is 0 Å². The highest BCUT2D eigenvalue weighted by molar-refractivity contribution is 6.16. The van der Waals surface area contributed by atoms with E-state index < -0.39 is 0 Å². The van der Waals surface area contributed by atoms with Gasteiger partial charge in [0.05, 0.1) is 5.88 Å². The molecule has 1 saturated carbocycles. The molecule has 1 unspecified atom stereocenters. The van der Waals surface area contributed by atoms with Crippen molar-refractivity contribution in [3.63, 3.8) is 0 Å². The van der Waals surface area contributed by atoms with Crippen LogP contribution in [-0.2, 0) is 10.6 Å². The van der Waals surface area contributed by atoms with Crippen LogP contribution in [0.25, 0.3) is 0 Å². The van der Waals surface area contributed by atoms with Crippen molar-refractivity contribution in [2.45, 2.75) is 44.1 Å². The predicted molar refractivity (Wildman–Crippen MR) is 62.3 cm³/mol. The minimum atomic E-state index is 0.0218. The molecule has 1 aliphatic carbocycles. The Bertz CT molecular complexity index is 323. The number of hydrogen-bond donors (Lipinski definition) is 1. The van der Waals surface area contributed by atoms with Crippen LogP contribution >= 0.6 is 11.6 Å². The maximum atomic E-state index is 5.70. The molecule has 2 rings (SSSR count). The molecule has 1 aliphatic rings. The van der Waals surface area contributed by atoms with Gasteiger partial charge in [-0.1, -0.05) is 19.3 Å². The summed E-state index contributed by atoms with van der Waals surface area (Å²) in [6.07, 6.45) is 6.36. The molecular weight excluding hydrogens is 226 g/mol. The number of alkyl halides is 1. The molecule has 0 spiro atoms. The van der Waals surface area contributed by atoms with E-state index in [1.807, 2.05) is 0 Å². The van der Waals surface area contributed by atoms with Crippen LogP contribution in [0.3, 0.4) is 0 Å². The number of nitrogens with one attached hydrogen (secondary N) is 1. The molecule has 0 aliphatic heterocycles. The van der Waals surface area contributed by atoms with Crippen LogP contribution in [0.15, 0.2) is 0 Å². The molecule has 16 heavy (non-hydrogen) atoms. The number of halogens is 1. The molecule has 0 saturated heterocycles. The lowest BCUT2D eigenvalue weighted by molar-refractivity contribution is 0.0291. The number of H-pyrrole nitrogens is 1. The van der Waals surface area contributed by atoms with E-state index in [0.29, 0.717) is 11.8 Å². The Kier molecular flexibility index (Phi) is 4.18. The smallest absolute Gasteiger partial charge is 0.179 e. The van der Waals surface area contributed by atoms with E-state index in [4.69, 9.17) is 16.3 Å². The zero-order valence-corrected chi connectivity index (χ0v) is 10.3. The van der Waals surface area contributed by atoms with Crippen molar-refractivity contribution < 1.29 is 4.74 Å². The Morgan fingerprint density at radius 2 is 2.19 bits per heavy atom. The molecule has 0 radical (unpaired) electrons. The zero-order chi connectivity index (χ0) is 11.4. The molecule has 1 atom stereocenters. The number of nitrogens with zero attached hydrogens (tertiary/aromatic N) is 2. The Labute approximate surface area is 101 Å². The summed E-state index contributed by atoms with van der Waals surface area (Å²) < 4.78 is 5.55. The highest BCUT2D eigenvalue weighted by atomic mass is 35.5. The second-order valence-electron chi connectivity index (χ2n) is 4.33. The average Bonchev–Trinajstić information content (AvgIpc) is 2.80. The Hall–Kier alpha value is -0.610. The van der Waals surface area contributed by atoms with Gasteiger partial charge >= 0.3 is 0 Å². The number of aromatic amines is 1. The lowest BCUT2D eigenvalue weighted by Crippen LogP contribution is -2.19. The Balaban J connectivity index is 2.08. The molecule has 0 amide bonds. The molecular formula is C11H18ClN3O. The normalized spacial score (nSPS) is 19.9. The third-order valence-corrected chi connectivity index (χ3v) is 3.52. The first-order valence-electron chi connectivity index (χ1n) is 5.85. The van der Waals surface area contributed by atoms with Crippen LogP contribution in [0, 0.1) is 5.92 Å².